The van der Waals surface area contributed by atoms with Gasteiger partial charge in [-0.2, -0.15) is 8.42 Å². The van der Waals surface area contributed by atoms with E-state index in [1.807, 2.05) is 13.8 Å². The zero-order valence-corrected chi connectivity index (χ0v) is 19.9. The number of allylic oxidation sites excluding steroid dienone is 1. The molecule has 172 valence electrons. The van der Waals surface area contributed by atoms with Crippen molar-refractivity contribution in [2.45, 2.75) is 24.8 Å². The number of hydrogen-bond donors (Lipinski definition) is 0. The summed E-state index contributed by atoms with van der Waals surface area (Å²) in [7, 11) is -4.01. The van der Waals surface area contributed by atoms with E-state index in [1.54, 1.807) is 54.6 Å². The topological polar surface area (TPSA) is 52.6 Å². The summed E-state index contributed by atoms with van der Waals surface area (Å²) in [5.74, 6) is -0.315. The van der Waals surface area contributed by atoms with E-state index in [0.717, 1.165) is 5.56 Å². The zero-order valence-electron chi connectivity index (χ0n) is 18.3. The molecule has 0 aromatic heterocycles. The molecule has 0 unspecified atom stereocenters. The van der Waals surface area contributed by atoms with Crippen molar-refractivity contribution < 1.29 is 21.7 Å². The van der Waals surface area contributed by atoms with Crippen molar-refractivity contribution in [2.75, 3.05) is 6.61 Å². The molecule has 0 spiro atoms. The summed E-state index contributed by atoms with van der Waals surface area (Å²) < 4.78 is 51.4. The van der Waals surface area contributed by atoms with E-state index in [0.29, 0.717) is 16.1 Å². The Hall–Kier alpha value is -2.93. The molecule has 0 N–H and O–H groups in total. The van der Waals surface area contributed by atoms with E-state index in [-0.39, 0.29) is 22.8 Å². The first-order valence-electron chi connectivity index (χ1n) is 10.2. The van der Waals surface area contributed by atoms with Crippen LogP contribution in [0.5, 0.6) is 5.75 Å². The van der Waals surface area contributed by atoms with Crippen LogP contribution in [0.1, 0.15) is 18.1 Å². The van der Waals surface area contributed by atoms with E-state index in [1.165, 1.54) is 24.3 Å². The quantitative estimate of drug-likeness (QED) is 0.246. The summed E-state index contributed by atoms with van der Waals surface area (Å²) in [4.78, 5) is 0.0352. The summed E-state index contributed by atoms with van der Waals surface area (Å²) in [6, 6.07) is 16.1. The predicted octanol–water partition coefficient (Wildman–Crippen LogP) is 6.83. The molecule has 0 saturated carbocycles. The molecule has 0 fully saturated rings. The van der Waals surface area contributed by atoms with E-state index >= 15 is 4.39 Å². The van der Waals surface area contributed by atoms with Gasteiger partial charge in [0.25, 0.3) is 10.1 Å². The molecule has 4 nitrogen and oxygen atoms in total. The Balaban J connectivity index is 1.95. The average Bonchev–Trinajstić information content (AvgIpc) is 2.79. The Morgan fingerprint density at radius 3 is 2.42 bits per heavy atom. The van der Waals surface area contributed by atoms with Crippen LogP contribution in [0, 0.1) is 12.7 Å². The van der Waals surface area contributed by atoms with Crippen LogP contribution in [-0.2, 0) is 14.3 Å². The van der Waals surface area contributed by atoms with E-state index in [2.05, 4.69) is 6.58 Å². The Morgan fingerprint density at radius 2 is 1.79 bits per heavy atom. The van der Waals surface area contributed by atoms with Crippen LogP contribution in [0.4, 0.5) is 4.39 Å². The summed E-state index contributed by atoms with van der Waals surface area (Å²) in [5, 5.41) is 0.354. The lowest BCUT2D eigenvalue weighted by Gasteiger charge is -2.21. The molecule has 0 bridgehead atoms. The van der Waals surface area contributed by atoms with Crippen LogP contribution >= 0.6 is 11.6 Å². The standard InChI is InChI=1S/C26H24ClFO4S/c1-4-8-19-13-16-24(28)25(22-9-6-7-10-23(22)27)26(19)32-20(5-2)17-31-33(29,30)21-14-11-18(3)12-15-21/h4-16,20H,2,17H2,1,3H3/t20-/m0/s1. The molecule has 33 heavy (non-hydrogen) atoms. The fraction of sp³-hybridized carbons (Fsp3) is 0.154. The van der Waals surface area contributed by atoms with Crippen molar-refractivity contribution in [3.63, 3.8) is 0 Å². The summed E-state index contributed by atoms with van der Waals surface area (Å²) in [6.45, 7) is 7.06. The lowest BCUT2D eigenvalue weighted by molar-refractivity contribution is 0.168. The van der Waals surface area contributed by atoms with Crippen molar-refractivity contribution in [1.29, 1.82) is 0 Å². The molecular formula is C26H24ClFO4S. The Bertz CT molecular complexity index is 1270. The third-order valence-electron chi connectivity index (χ3n) is 4.86. The minimum Gasteiger partial charge on any atom is -0.483 e. The minimum atomic E-state index is -4.01. The highest BCUT2D eigenvalue weighted by molar-refractivity contribution is 7.86. The van der Waals surface area contributed by atoms with Gasteiger partial charge in [-0.3, -0.25) is 4.18 Å². The molecule has 0 heterocycles. The molecule has 7 heteroatoms. The predicted molar refractivity (Wildman–Crippen MR) is 130 cm³/mol. The molecule has 3 aromatic carbocycles. The van der Waals surface area contributed by atoms with Gasteiger partial charge in [-0.15, -0.1) is 0 Å². The van der Waals surface area contributed by atoms with Crippen molar-refractivity contribution in [3.8, 4) is 16.9 Å². The lowest BCUT2D eigenvalue weighted by atomic mass is 10.00. The highest BCUT2D eigenvalue weighted by Gasteiger charge is 2.23. The smallest absolute Gasteiger partial charge is 0.297 e. The van der Waals surface area contributed by atoms with E-state index < -0.39 is 22.0 Å². The normalized spacial score (nSPS) is 12.6. The molecule has 3 aromatic rings. The SMILES string of the molecule is C=C[C@@H](COS(=O)(=O)c1ccc(C)cc1)Oc1c(C=CC)ccc(F)c1-c1ccccc1Cl. The molecular weight excluding hydrogens is 463 g/mol. The summed E-state index contributed by atoms with van der Waals surface area (Å²) >= 11 is 6.34. The Kier molecular flexibility index (Phi) is 8.08. The van der Waals surface area contributed by atoms with Gasteiger partial charge >= 0.3 is 0 Å². The highest BCUT2D eigenvalue weighted by atomic mass is 35.5. The van der Waals surface area contributed by atoms with Gasteiger partial charge in [0.1, 0.15) is 24.3 Å². The van der Waals surface area contributed by atoms with Crippen molar-refractivity contribution in [3.05, 3.63) is 101 Å². The van der Waals surface area contributed by atoms with E-state index in [9.17, 15) is 8.42 Å². The largest absolute Gasteiger partial charge is 0.483 e. The van der Waals surface area contributed by atoms with Crippen molar-refractivity contribution in [2.24, 2.45) is 0 Å². The number of benzene rings is 3. The van der Waals surface area contributed by atoms with Gasteiger partial charge in [0.15, 0.2) is 0 Å². The maximum Gasteiger partial charge on any atom is 0.297 e. The summed E-state index contributed by atoms with van der Waals surface area (Å²) in [6.07, 6.45) is 4.08. The van der Waals surface area contributed by atoms with Gasteiger partial charge in [0.2, 0.25) is 0 Å². The molecule has 0 aliphatic carbocycles. The minimum absolute atomic E-state index is 0.0352. The molecule has 0 saturated heterocycles. The maximum absolute atomic E-state index is 15.0. The van der Waals surface area contributed by atoms with Crippen LogP contribution in [0.15, 0.2) is 84.3 Å². The summed E-state index contributed by atoms with van der Waals surface area (Å²) in [5.41, 5.74) is 2.15. The van der Waals surface area contributed by atoms with Crippen LogP contribution < -0.4 is 4.74 Å². The number of halogens is 2. The fourth-order valence-corrected chi connectivity index (χ4v) is 4.31. The van der Waals surface area contributed by atoms with Gasteiger partial charge in [-0.25, -0.2) is 4.39 Å². The second-order valence-corrected chi connectivity index (χ2v) is 9.29. The number of hydrogen-bond acceptors (Lipinski definition) is 4. The fourth-order valence-electron chi connectivity index (χ4n) is 3.16. The lowest BCUT2D eigenvalue weighted by Crippen LogP contribution is -2.23. The van der Waals surface area contributed by atoms with Crippen LogP contribution in [0.2, 0.25) is 5.02 Å². The monoisotopic (exact) mass is 486 g/mol. The second kappa shape index (κ2) is 10.8. The van der Waals surface area contributed by atoms with Gasteiger partial charge in [-0.1, -0.05) is 66.2 Å². The Morgan fingerprint density at radius 1 is 1.09 bits per heavy atom. The molecule has 0 amide bonds. The van der Waals surface area contributed by atoms with Gasteiger partial charge in [0.05, 0.1) is 10.5 Å². The van der Waals surface area contributed by atoms with Gasteiger partial charge in [-0.05, 0) is 50.3 Å². The number of rotatable bonds is 9. The maximum atomic E-state index is 15.0. The van der Waals surface area contributed by atoms with E-state index in [4.69, 9.17) is 20.5 Å². The average molecular weight is 487 g/mol. The molecule has 1 atom stereocenters. The van der Waals surface area contributed by atoms with Gasteiger partial charge in [0, 0.05) is 16.1 Å². The number of aryl methyl sites for hydroxylation is 1. The first kappa shape index (κ1) is 24.7. The molecule has 3 rings (SSSR count). The van der Waals surface area contributed by atoms with Gasteiger partial charge < -0.3 is 4.74 Å². The first-order valence-corrected chi connectivity index (χ1v) is 12.0. The van der Waals surface area contributed by atoms with Crippen molar-refractivity contribution >= 4 is 27.8 Å². The third-order valence-corrected chi connectivity index (χ3v) is 6.48. The third kappa shape index (κ3) is 5.90. The highest BCUT2D eigenvalue weighted by Crippen LogP contribution is 2.40. The van der Waals surface area contributed by atoms with Crippen LogP contribution in [0.25, 0.3) is 17.2 Å². The van der Waals surface area contributed by atoms with Crippen molar-refractivity contribution in [1.82, 2.24) is 0 Å². The van der Waals surface area contributed by atoms with Crippen LogP contribution in [0.3, 0.4) is 0 Å². The Labute approximate surface area is 199 Å². The van der Waals surface area contributed by atoms with Crippen LogP contribution in [-0.4, -0.2) is 21.1 Å². The molecule has 0 radical (unpaired) electrons. The number of ether oxygens (including phenoxy) is 1. The first-order chi connectivity index (χ1) is 15.8. The second-order valence-electron chi connectivity index (χ2n) is 7.26. The molecule has 0 aliphatic rings. The molecule has 0 aliphatic heterocycles. The zero-order chi connectivity index (χ0) is 24.0.